The second-order valence-corrected chi connectivity index (χ2v) is 11.4. The summed E-state index contributed by atoms with van der Waals surface area (Å²) in [5.41, 5.74) is -0.0972. The second kappa shape index (κ2) is 10.3. The van der Waals surface area contributed by atoms with Gasteiger partial charge in [-0.05, 0) is 6.07 Å². The van der Waals surface area contributed by atoms with Gasteiger partial charge in [-0.25, -0.2) is 0 Å². The molecule has 0 aliphatic carbocycles. The van der Waals surface area contributed by atoms with Crippen LogP contribution in [0.15, 0.2) is 121 Å². The first kappa shape index (κ1) is 19.6. The fourth-order valence-corrected chi connectivity index (χ4v) is 8.25. The molecule has 0 saturated heterocycles. The predicted molar refractivity (Wildman–Crippen MR) is 117 cm³/mol. The van der Waals surface area contributed by atoms with Crippen molar-refractivity contribution in [2.45, 2.75) is 0 Å². The van der Waals surface area contributed by atoms with E-state index in [-0.39, 0.29) is 11.2 Å². The molecule has 2 nitrogen and oxygen atoms in total. The SMILES string of the molecule is Oc1cccccc1=[OH+].c1cc[c]([Ge]([c]2ccccc2)[c]2ccccc2)cc1. The summed E-state index contributed by atoms with van der Waals surface area (Å²) in [6, 6.07) is 40.7. The van der Waals surface area contributed by atoms with Crippen LogP contribution in [-0.4, -0.2) is 24.2 Å². The maximum atomic E-state index is 8.83. The molecule has 1 radical (unpaired) electrons. The molecule has 0 atom stereocenters. The van der Waals surface area contributed by atoms with Gasteiger partial charge in [0.05, 0.1) is 0 Å². The summed E-state index contributed by atoms with van der Waals surface area (Å²) in [5.74, 6) is -0.0972. The van der Waals surface area contributed by atoms with Crippen molar-refractivity contribution < 1.29 is 9.90 Å². The van der Waals surface area contributed by atoms with Gasteiger partial charge in [0, 0.05) is 6.07 Å². The Labute approximate surface area is 169 Å². The molecule has 3 heteroatoms. The number of aromatic hydroxyl groups is 1. The molecule has 137 valence electrons. The van der Waals surface area contributed by atoms with E-state index in [4.69, 9.17) is 9.90 Å². The van der Waals surface area contributed by atoms with Gasteiger partial charge < -0.3 is 5.11 Å². The molecule has 4 aromatic rings. The fraction of sp³-hybridized carbons (Fsp3) is 0. The van der Waals surface area contributed by atoms with Crippen molar-refractivity contribution in [2.75, 3.05) is 0 Å². The Kier molecular flexibility index (Phi) is 7.22. The Bertz CT molecular complexity index is 942. The molecule has 2 N–H and O–H groups in total. The van der Waals surface area contributed by atoms with Crippen molar-refractivity contribution in [2.24, 2.45) is 0 Å². The van der Waals surface area contributed by atoms with E-state index in [1.807, 2.05) is 0 Å². The molecule has 0 bridgehead atoms. The summed E-state index contributed by atoms with van der Waals surface area (Å²) in [4.78, 5) is 8.83. The zero-order valence-electron chi connectivity index (χ0n) is 15.4. The molecule has 0 saturated carbocycles. The van der Waals surface area contributed by atoms with Crippen LogP contribution in [0.2, 0.25) is 0 Å². The molecule has 28 heavy (non-hydrogen) atoms. The van der Waals surface area contributed by atoms with Crippen LogP contribution in [0.1, 0.15) is 0 Å². The van der Waals surface area contributed by atoms with Crippen molar-refractivity contribution in [3.8, 4) is 5.75 Å². The van der Waals surface area contributed by atoms with Crippen LogP contribution < -0.4 is 18.6 Å². The zero-order valence-corrected chi connectivity index (χ0v) is 17.5. The quantitative estimate of drug-likeness (QED) is 0.397. The van der Waals surface area contributed by atoms with Crippen molar-refractivity contribution in [3.05, 3.63) is 127 Å². The van der Waals surface area contributed by atoms with Gasteiger partial charge in [-0.3, -0.25) is 4.79 Å². The van der Waals surface area contributed by atoms with Crippen LogP contribution in [0, 0.1) is 0 Å². The zero-order chi connectivity index (χ0) is 19.6. The molecular weight excluding hydrogens is 405 g/mol. The van der Waals surface area contributed by atoms with E-state index in [2.05, 4.69) is 91.0 Å². The molecule has 0 aliphatic heterocycles. The summed E-state index contributed by atoms with van der Waals surface area (Å²) < 4.78 is 4.50. The first-order chi connectivity index (χ1) is 13.8. The summed E-state index contributed by atoms with van der Waals surface area (Å²) in [5, 5.41) is 8.83. The first-order valence-corrected chi connectivity index (χ1v) is 12.2. The van der Waals surface area contributed by atoms with Gasteiger partial charge in [0.15, 0.2) is 0 Å². The Balaban J connectivity index is 0.000000211. The third kappa shape index (κ3) is 5.44. The maximum absolute atomic E-state index is 8.83. The minimum atomic E-state index is -1.63. The van der Waals surface area contributed by atoms with Gasteiger partial charge in [0.2, 0.25) is 5.75 Å². The monoisotopic (exact) mass is 428 g/mol. The van der Waals surface area contributed by atoms with Gasteiger partial charge in [-0.15, -0.1) is 0 Å². The standard InChI is InChI=1S/C18H15Ge.C7H6O2/c1-4-10-16(11-5-1)19(17-12-6-2-7-13-17)18-14-8-3-9-15-18;8-6-4-2-1-3-5-7(6)9/h1-15H;1-5H,(H,8,9)/p+1. The molecule has 0 unspecified atom stereocenters. The van der Waals surface area contributed by atoms with Gasteiger partial charge >= 0.3 is 124 Å². The Hall–Kier alpha value is -3.11. The predicted octanol–water partition coefficient (Wildman–Crippen LogP) is 2.60. The van der Waals surface area contributed by atoms with Crippen LogP contribution in [0.3, 0.4) is 0 Å². The van der Waals surface area contributed by atoms with E-state index in [1.54, 1.807) is 18.2 Å². The average Bonchev–Trinajstić information content (AvgIpc) is 2.95. The molecule has 0 fully saturated rings. The Morgan fingerprint density at radius 2 is 0.786 bits per heavy atom. The summed E-state index contributed by atoms with van der Waals surface area (Å²) in [6.07, 6.45) is 0. The fourth-order valence-electron chi connectivity index (χ4n) is 2.84. The van der Waals surface area contributed by atoms with Crippen molar-refractivity contribution in [3.63, 3.8) is 0 Å². The first-order valence-electron chi connectivity index (χ1n) is 9.09. The van der Waals surface area contributed by atoms with E-state index >= 15 is 0 Å². The van der Waals surface area contributed by atoms with E-state index in [1.165, 1.54) is 25.3 Å². The molecule has 0 aliphatic rings. The van der Waals surface area contributed by atoms with Crippen LogP contribution in [0.4, 0.5) is 0 Å². The van der Waals surface area contributed by atoms with E-state index in [9.17, 15) is 0 Å². The summed E-state index contributed by atoms with van der Waals surface area (Å²) in [6.45, 7) is 0. The Morgan fingerprint density at radius 1 is 0.464 bits per heavy atom. The van der Waals surface area contributed by atoms with Crippen LogP contribution in [-0.2, 0) is 0 Å². The molecule has 0 amide bonds. The van der Waals surface area contributed by atoms with Crippen LogP contribution in [0.5, 0.6) is 5.75 Å². The van der Waals surface area contributed by atoms with E-state index in [0.29, 0.717) is 0 Å². The molecule has 4 rings (SSSR count). The number of hydrogen-bond donors (Lipinski definition) is 1. The van der Waals surface area contributed by atoms with Crippen LogP contribution >= 0.6 is 0 Å². The summed E-state index contributed by atoms with van der Waals surface area (Å²) in [7, 11) is 0. The average molecular weight is 427 g/mol. The molecule has 0 aromatic heterocycles. The molecular formula is C25H22GeO2+. The summed E-state index contributed by atoms with van der Waals surface area (Å²) >= 11 is -1.63. The van der Waals surface area contributed by atoms with Crippen molar-refractivity contribution in [1.29, 1.82) is 0 Å². The number of rotatable bonds is 3. The number of benzene rings is 3. The number of hydrogen-bond acceptors (Lipinski definition) is 1. The molecule has 0 heterocycles. The third-order valence-electron chi connectivity index (χ3n) is 4.18. The van der Waals surface area contributed by atoms with Crippen molar-refractivity contribution >= 4 is 27.5 Å². The normalized spacial score (nSPS) is 10.0. The van der Waals surface area contributed by atoms with E-state index in [0.717, 1.165) is 0 Å². The Morgan fingerprint density at radius 3 is 1.18 bits per heavy atom. The minimum absolute atomic E-state index is 0.0972. The second-order valence-electron chi connectivity index (χ2n) is 6.15. The molecule has 4 aromatic carbocycles. The van der Waals surface area contributed by atoms with Gasteiger partial charge in [0.25, 0.3) is 0 Å². The third-order valence-corrected chi connectivity index (χ3v) is 9.91. The van der Waals surface area contributed by atoms with Gasteiger partial charge in [-0.1, -0.05) is 18.2 Å². The van der Waals surface area contributed by atoms with Crippen molar-refractivity contribution in [1.82, 2.24) is 0 Å². The van der Waals surface area contributed by atoms with E-state index < -0.39 is 14.3 Å². The topological polar surface area (TPSA) is 41.6 Å². The van der Waals surface area contributed by atoms with Gasteiger partial charge in [-0.2, -0.15) is 0 Å². The van der Waals surface area contributed by atoms with Gasteiger partial charge in [0.1, 0.15) is 0 Å². The molecule has 0 spiro atoms. The van der Waals surface area contributed by atoms with Crippen LogP contribution in [0.25, 0.3) is 0 Å².